The second-order valence-electron chi connectivity index (χ2n) is 1.96. The predicted molar refractivity (Wildman–Crippen MR) is 36.7 cm³/mol. The van der Waals surface area contributed by atoms with Gasteiger partial charge in [0, 0.05) is 0 Å². The largest absolute Gasteiger partial charge is 0.508 e. The Morgan fingerprint density at radius 2 is 2.55 bits per heavy atom. The number of aliphatic hydroxyl groups excluding tert-OH is 1. The van der Waals surface area contributed by atoms with Crippen LogP contribution in [0.4, 0.5) is 0 Å². The Morgan fingerprint density at radius 1 is 1.82 bits per heavy atom. The summed E-state index contributed by atoms with van der Waals surface area (Å²) in [4.78, 5) is 10.8. The van der Waals surface area contributed by atoms with Crippen LogP contribution < -0.4 is 0 Å². The molecule has 0 bridgehead atoms. The summed E-state index contributed by atoms with van der Waals surface area (Å²) in [5.74, 6) is -0.748. The van der Waals surface area contributed by atoms with Crippen LogP contribution in [0.25, 0.3) is 0 Å². The van der Waals surface area contributed by atoms with Crippen LogP contribution in [0.15, 0.2) is 24.2 Å². The van der Waals surface area contributed by atoms with Crippen LogP contribution in [0.1, 0.15) is 0 Å². The summed E-state index contributed by atoms with van der Waals surface area (Å²) in [7, 11) is 1.23. The van der Waals surface area contributed by atoms with Crippen LogP contribution in [0.2, 0.25) is 0 Å². The first-order valence-electron chi connectivity index (χ1n) is 3.04. The molecule has 1 rings (SSSR count). The fourth-order valence-corrected chi connectivity index (χ4v) is 0.702. The highest BCUT2D eigenvalue weighted by atomic mass is 16.6. The maximum Gasteiger partial charge on any atom is 0.355 e. The van der Waals surface area contributed by atoms with Gasteiger partial charge in [0.25, 0.3) is 6.10 Å². The highest BCUT2D eigenvalue weighted by Crippen LogP contribution is 2.10. The zero-order chi connectivity index (χ0) is 8.27. The number of hydrogen-bond acceptors (Lipinski definition) is 4. The van der Waals surface area contributed by atoms with E-state index in [9.17, 15) is 4.79 Å². The summed E-state index contributed by atoms with van der Waals surface area (Å²) in [6.07, 6.45) is 3.20. The third-order valence-electron chi connectivity index (χ3n) is 1.24. The first kappa shape index (κ1) is 7.65. The second kappa shape index (κ2) is 3.09. The van der Waals surface area contributed by atoms with Gasteiger partial charge in [0.2, 0.25) is 0 Å². The van der Waals surface area contributed by atoms with Crippen molar-refractivity contribution in [2.24, 2.45) is 0 Å². The lowest BCUT2D eigenvalue weighted by atomic mass is 10.2. The minimum absolute atomic E-state index is 0.139. The fourth-order valence-electron chi connectivity index (χ4n) is 0.702. The number of ether oxygens (including phenoxy) is 2. The maximum absolute atomic E-state index is 10.8. The van der Waals surface area contributed by atoms with Crippen LogP contribution in [0, 0.1) is 0 Å². The zero-order valence-electron chi connectivity index (χ0n) is 5.98. The van der Waals surface area contributed by atoms with E-state index in [0.717, 1.165) is 0 Å². The number of methoxy groups -OCH3 is 1. The third kappa shape index (κ3) is 1.52. The smallest absolute Gasteiger partial charge is 0.355 e. The standard InChI is InChI=1S/C7H8O4/c1-10-7(9)6-5(8)3-2-4-11-6/h2-4,6,8H,1H3/t6-/m0/s1. The molecule has 0 aromatic rings. The van der Waals surface area contributed by atoms with Crippen LogP contribution >= 0.6 is 0 Å². The van der Waals surface area contributed by atoms with Gasteiger partial charge in [-0.2, -0.15) is 0 Å². The summed E-state index contributed by atoms with van der Waals surface area (Å²) in [6, 6.07) is 0. The summed E-state index contributed by atoms with van der Waals surface area (Å²) in [5, 5.41) is 9.05. The molecule has 1 aliphatic rings. The van der Waals surface area contributed by atoms with E-state index < -0.39 is 12.1 Å². The van der Waals surface area contributed by atoms with E-state index >= 15 is 0 Å². The van der Waals surface area contributed by atoms with Crippen molar-refractivity contribution >= 4 is 5.97 Å². The molecule has 60 valence electrons. The van der Waals surface area contributed by atoms with Gasteiger partial charge < -0.3 is 14.6 Å². The van der Waals surface area contributed by atoms with Gasteiger partial charge in [-0.25, -0.2) is 4.79 Å². The number of allylic oxidation sites excluding steroid dienone is 2. The molecule has 0 saturated heterocycles. The van der Waals surface area contributed by atoms with Crippen molar-refractivity contribution in [2.45, 2.75) is 6.10 Å². The Kier molecular flexibility index (Phi) is 2.15. The normalized spacial score (nSPS) is 21.9. The molecule has 4 nitrogen and oxygen atoms in total. The van der Waals surface area contributed by atoms with Crippen molar-refractivity contribution in [2.75, 3.05) is 7.11 Å². The van der Waals surface area contributed by atoms with Gasteiger partial charge in [0.05, 0.1) is 13.4 Å². The molecule has 0 radical (unpaired) electrons. The Bertz CT molecular complexity index is 216. The van der Waals surface area contributed by atoms with Gasteiger partial charge in [-0.1, -0.05) is 0 Å². The Labute approximate surface area is 63.7 Å². The molecular weight excluding hydrogens is 148 g/mol. The summed E-state index contributed by atoms with van der Waals surface area (Å²) < 4.78 is 9.13. The molecule has 0 amide bonds. The van der Waals surface area contributed by atoms with E-state index in [-0.39, 0.29) is 5.76 Å². The predicted octanol–water partition coefficient (Wildman–Crippen LogP) is 0.514. The molecule has 1 N–H and O–H groups in total. The van der Waals surface area contributed by atoms with E-state index in [1.54, 1.807) is 0 Å². The van der Waals surface area contributed by atoms with Crippen molar-refractivity contribution in [1.29, 1.82) is 0 Å². The summed E-state index contributed by atoms with van der Waals surface area (Å²) in [5.41, 5.74) is 0. The van der Waals surface area contributed by atoms with Crippen molar-refractivity contribution < 1.29 is 19.4 Å². The first-order chi connectivity index (χ1) is 5.25. The molecule has 1 heterocycles. The molecule has 0 spiro atoms. The van der Waals surface area contributed by atoms with E-state index in [2.05, 4.69) is 4.74 Å². The quantitative estimate of drug-likeness (QED) is 0.562. The van der Waals surface area contributed by atoms with E-state index in [1.165, 1.54) is 25.5 Å². The molecule has 0 fully saturated rings. The van der Waals surface area contributed by atoms with Crippen LogP contribution in [0.5, 0.6) is 0 Å². The summed E-state index contributed by atoms with van der Waals surface area (Å²) in [6.45, 7) is 0. The van der Waals surface area contributed by atoms with Crippen LogP contribution in [-0.2, 0) is 14.3 Å². The molecule has 0 saturated carbocycles. The highest BCUT2D eigenvalue weighted by Gasteiger charge is 2.25. The molecule has 0 aliphatic carbocycles. The highest BCUT2D eigenvalue weighted by molar-refractivity contribution is 5.78. The first-order valence-corrected chi connectivity index (χ1v) is 3.04. The number of hydrogen-bond donors (Lipinski definition) is 1. The number of esters is 1. The van der Waals surface area contributed by atoms with Gasteiger partial charge >= 0.3 is 5.97 Å². The van der Waals surface area contributed by atoms with Crippen molar-refractivity contribution in [3.63, 3.8) is 0 Å². The molecule has 0 aromatic heterocycles. The topological polar surface area (TPSA) is 55.8 Å². The molecular formula is C7H8O4. The molecule has 11 heavy (non-hydrogen) atoms. The van der Waals surface area contributed by atoms with Gasteiger partial charge in [-0.3, -0.25) is 0 Å². The lowest BCUT2D eigenvalue weighted by Crippen LogP contribution is -2.27. The number of rotatable bonds is 1. The Balaban J connectivity index is 2.68. The van der Waals surface area contributed by atoms with Crippen molar-refractivity contribution in [3.8, 4) is 0 Å². The van der Waals surface area contributed by atoms with Crippen LogP contribution in [0.3, 0.4) is 0 Å². The average Bonchev–Trinajstić information content (AvgIpc) is 2.04. The molecule has 4 heteroatoms. The molecule has 0 aromatic carbocycles. The van der Waals surface area contributed by atoms with Gasteiger partial charge in [-0.15, -0.1) is 0 Å². The SMILES string of the molecule is COC(=O)[C@H]1OC=CC=C1O. The minimum Gasteiger partial charge on any atom is -0.508 e. The second-order valence-corrected chi connectivity index (χ2v) is 1.96. The van der Waals surface area contributed by atoms with E-state index in [0.29, 0.717) is 0 Å². The monoisotopic (exact) mass is 156 g/mol. The fraction of sp³-hybridized carbons (Fsp3) is 0.286. The van der Waals surface area contributed by atoms with Gasteiger partial charge in [-0.05, 0) is 12.2 Å². The number of carbonyl (C=O) groups is 1. The Hall–Kier alpha value is -1.45. The number of carbonyl (C=O) groups excluding carboxylic acids is 1. The van der Waals surface area contributed by atoms with E-state index in [4.69, 9.17) is 9.84 Å². The summed E-state index contributed by atoms with van der Waals surface area (Å²) >= 11 is 0. The average molecular weight is 156 g/mol. The molecule has 0 unspecified atom stereocenters. The minimum atomic E-state index is -0.995. The number of aliphatic hydroxyl groups is 1. The van der Waals surface area contributed by atoms with Crippen molar-refractivity contribution in [1.82, 2.24) is 0 Å². The Morgan fingerprint density at radius 3 is 3.09 bits per heavy atom. The zero-order valence-corrected chi connectivity index (χ0v) is 5.98. The lowest BCUT2D eigenvalue weighted by Gasteiger charge is -2.15. The van der Waals surface area contributed by atoms with E-state index in [1.807, 2.05) is 0 Å². The molecule has 1 atom stereocenters. The third-order valence-corrected chi connectivity index (χ3v) is 1.24. The van der Waals surface area contributed by atoms with Crippen LogP contribution in [-0.4, -0.2) is 24.3 Å². The van der Waals surface area contributed by atoms with Gasteiger partial charge in [0.1, 0.15) is 5.76 Å². The maximum atomic E-state index is 10.8. The lowest BCUT2D eigenvalue weighted by molar-refractivity contribution is -0.150. The molecule has 1 aliphatic heterocycles. The van der Waals surface area contributed by atoms with Crippen molar-refractivity contribution in [3.05, 3.63) is 24.2 Å². The van der Waals surface area contributed by atoms with Gasteiger partial charge in [0.15, 0.2) is 0 Å².